The molecule has 8 heteroatoms. The van der Waals surface area contributed by atoms with Gasteiger partial charge < -0.3 is 20.3 Å². The Morgan fingerprint density at radius 1 is 0.980 bits per heavy atom. The first-order valence-corrected chi connectivity index (χ1v) is 19.7. The van der Waals surface area contributed by atoms with E-state index in [1.807, 2.05) is 18.2 Å². The second kappa shape index (κ2) is 13.1. The fourth-order valence-corrected chi connectivity index (χ4v) is 12.9. The molecule has 282 valence electrons. The number of aliphatic hydroxyl groups excluding tert-OH is 1. The van der Waals surface area contributed by atoms with E-state index < -0.39 is 28.9 Å². The minimum Gasteiger partial charge on any atom is -0.481 e. The Hall–Kier alpha value is -2.58. The van der Waals surface area contributed by atoms with E-state index in [4.69, 9.17) is 4.74 Å². The van der Waals surface area contributed by atoms with Gasteiger partial charge in [-0.25, -0.2) is 0 Å². The second-order valence-corrected chi connectivity index (χ2v) is 19.5. The third-order valence-corrected chi connectivity index (χ3v) is 15.9. The molecule has 1 heterocycles. The molecule has 5 aliphatic rings. The molecule has 0 amide bonds. The fraction of sp³-hybridized carbons (Fsp3) is 0.767. The number of pyridine rings is 1. The number of carbonyl (C=O) groups excluding carboxylic acids is 2. The van der Waals surface area contributed by atoms with Crippen molar-refractivity contribution >= 4 is 17.7 Å². The molecule has 8 nitrogen and oxygen atoms in total. The van der Waals surface area contributed by atoms with Gasteiger partial charge in [-0.15, -0.1) is 0 Å². The van der Waals surface area contributed by atoms with E-state index in [1.54, 1.807) is 20.0 Å². The van der Waals surface area contributed by atoms with Gasteiger partial charge in [-0.2, -0.15) is 0 Å². The number of nitrogens with one attached hydrogen (secondary N) is 1. The molecule has 0 spiro atoms. The van der Waals surface area contributed by atoms with Crippen LogP contribution in [0, 0.1) is 56.2 Å². The van der Waals surface area contributed by atoms with Gasteiger partial charge in [0.15, 0.2) is 5.78 Å². The van der Waals surface area contributed by atoms with Crippen LogP contribution in [0.1, 0.15) is 132 Å². The molecular formula is C43H64N2O6. The number of carbonyl (C=O) groups is 3. The molecule has 4 saturated carbocycles. The molecule has 5 aliphatic carbocycles. The lowest BCUT2D eigenvalue weighted by Gasteiger charge is -2.72. The van der Waals surface area contributed by atoms with E-state index >= 15 is 0 Å². The summed E-state index contributed by atoms with van der Waals surface area (Å²) in [6.07, 6.45) is 8.99. The highest BCUT2D eigenvalue weighted by Gasteiger charge is 2.70. The maximum atomic E-state index is 14.0. The summed E-state index contributed by atoms with van der Waals surface area (Å²) in [5, 5.41) is 25.2. The van der Waals surface area contributed by atoms with Crippen molar-refractivity contribution in [3.8, 4) is 0 Å². The summed E-state index contributed by atoms with van der Waals surface area (Å²) in [7, 11) is 0. The molecule has 4 fully saturated rings. The van der Waals surface area contributed by atoms with Crippen LogP contribution < -0.4 is 5.32 Å². The van der Waals surface area contributed by atoms with Crippen LogP contribution in [0.2, 0.25) is 0 Å². The van der Waals surface area contributed by atoms with E-state index in [9.17, 15) is 24.6 Å². The molecule has 1 aromatic heterocycles. The van der Waals surface area contributed by atoms with Gasteiger partial charge in [0.05, 0.1) is 23.6 Å². The summed E-state index contributed by atoms with van der Waals surface area (Å²) in [6.45, 7) is 20.6. The molecule has 0 aromatic carbocycles. The standard InChI is InChI=1S/C43H64N2O6/c1-26(2)35-29(46)22-43(32(47)25-44-24-27-12-10-11-21-45-27)20-19-41(8)28(36(35)43)13-14-31-40(7)17-16-33(51-34(48)23-38(3,4)37(49)50)39(5,6)30(40)15-18-42(31,41)9/h10-12,21,26,28,30-33,44,47H,13-20,22-25H2,1-9H3,(H,49,50)/t28-,30+,31-,32-,33+,40+,41-,42-,43+/m1/s1. The third kappa shape index (κ3) is 5.93. The van der Waals surface area contributed by atoms with Gasteiger partial charge in [0.1, 0.15) is 6.10 Å². The van der Waals surface area contributed by atoms with Gasteiger partial charge in [0, 0.05) is 36.5 Å². The van der Waals surface area contributed by atoms with Crippen molar-refractivity contribution in [2.45, 2.75) is 145 Å². The van der Waals surface area contributed by atoms with Crippen molar-refractivity contribution in [1.29, 1.82) is 0 Å². The number of carboxylic acids is 1. The van der Waals surface area contributed by atoms with E-state index in [0.29, 0.717) is 31.3 Å². The number of Topliss-reactive ketones (excluding diaryl/α,β-unsaturated/α-hetero) is 1. The van der Waals surface area contributed by atoms with Crippen LogP contribution in [-0.2, 0) is 25.7 Å². The molecule has 3 N–H and O–H groups in total. The molecular weight excluding hydrogens is 640 g/mol. The van der Waals surface area contributed by atoms with Gasteiger partial charge in [-0.3, -0.25) is 19.4 Å². The number of rotatable bonds is 10. The van der Waals surface area contributed by atoms with Crippen molar-refractivity contribution in [1.82, 2.24) is 10.3 Å². The largest absolute Gasteiger partial charge is 0.481 e. The molecule has 0 bridgehead atoms. The van der Waals surface area contributed by atoms with E-state index in [0.717, 1.165) is 62.6 Å². The van der Waals surface area contributed by atoms with Crippen molar-refractivity contribution in [2.24, 2.45) is 56.2 Å². The zero-order valence-electron chi connectivity index (χ0n) is 32.7. The molecule has 0 radical (unpaired) electrons. The summed E-state index contributed by atoms with van der Waals surface area (Å²) in [5.74, 6) is 0.0552. The Kier molecular flexibility index (Phi) is 9.78. The number of aromatic nitrogens is 1. The van der Waals surface area contributed by atoms with Crippen molar-refractivity contribution < 1.29 is 29.3 Å². The SMILES string of the molecule is CC(C)C1=C2[C@H]3CC[C@@H]4[C@@]5(C)CC[C@H](OC(=O)CC(C)(C)C(=O)O)C(C)(C)[C@@H]5CC[C@@]4(C)[C@]3(C)CC[C@@]2([C@H](O)CNCc2ccccn2)CC1=O. The quantitative estimate of drug-likeness (QED) is 0.210. The first kappa shape index (κ1) is 38.2. The number of allylic oxidation sites excluding steroid dienone is 1. The molecule has 9 atom stereocenters. The maximum absolute atomic E-state index is 14.0. The summed E-state index contributed by atoms with van der Waals surface area (Å²) in [6, 6.07) is 5.87. The van der Waals surface area contributed by atoms with E-state index in [2.05, 4.69) is 58.8 Å². The van der Waals surface area contributed by atoms with Crippen molar-refractivity contribution in [3.05, 3.63) is 41.2 Å². The number of ketones is 1. The highest BCUT2D eigenvalue weighted by molar-refractivity contribution is 6.00. The van der Waals surface area contributed by atoms with Crippen LogP contribution in [-0.4, -0.2) is 51.7 Å². The Labute approximate surface area is 306 Å². The van der Waals surface area contributed by atoms with Crippen molar-refractivity contribution in [3.63, 3.8) is 0 Å². The highest BCUT2D eigenvalue weighted by Crippen LogP contribution is 2.77. The van der Waals surface area contributed by atoms with Crippen LogP contribution >= 0.6 is 0 Å². The fourth-order valence-electron chi connectivity index (χ4n) is 12.9. The number of aliphatic carboxylic acids is 1. The number of nitrogens with zero attached hydrogens (tertiary/aromatic N) is 1. The van der Waals surface area contributed by atoms with Gasteiger partial charge >= 0.3 is 11.9 Å². The first-order valence-electron chi connectivity index (χ1n) is 19.7. The minimum absolute atomic E-state index is 0.00946. The summed E-state index contributed by atoms with van der Waals surface area (Å²) >= 11 is 0. The molecule has 0 unspecified atom stereocenters. The maximum Gasteiger partial charge on any atom is 0.309 e. The number of esters is 1. The van der Waals surface area contributed by atoms with E-state index in [-0.39, 0.29) is 51.8 Å². The van der Waals surface area contributed by atoms with Gasteiger partial charge in [-0.1, -0.05) is 60.1 Å². The van der Waals surface area contributed by atoms with Crippen LogP contribution in [0.3, 0.4) is 0 Å². The zero-order valence-corrected chi connectivity index (χ0v) is 32.7. The second-order valence-electron chi connectivity index (χ2n) is 19.5. The summed E-state index contributed by atoms with van der Waals surface area (Å²) in [4.78, 5) is 43.2. The molecule has 0 aliphatic heterocycles. The number of ether oxygens (including phenoxy) is 1. The normalized spacial score (nSPS) is 38.0. The summed E-state index contributed by atoms with van der Waals surface area (Å²) < 4.78 is 6.16. The average molecular weight is 705 g/mol. The van der Waals surface area contributed by atoms with Gasteiger partial charge in [0.2, 0.25) is 0 Å². The van der Waals surface area contributed by atoms with Crippen LogP contribution in [0.5, 0.6) is 0 Å². The molecule has 0 saturated heterocycles. The number of hydrogen-bond acceptors (Lipinski definition) is 7. The monoisotopic (exact) mass is 704 g/mol. The number of aliphatic hydroxyl groups is 1. The topological polar surface area (TPSA) is 126 Å². The Morgan fingerprint density at radius 2 is 1.71 bits per heavy atom. The van der Waals surface area contributed by atoms with Gasteiger partial charge in [0.25, 0.3) is 0 Å². The smallest absolute Gasteiger partial charge is 0.309 e. The average Bonchev–Trinajstić information content (AvgIpc) is 3.36. The Balaban J connectivity index is 1.26. The molecule has 6 rings (SSSR count). The summed E-state index contributed by atoms with van der Waals surface area (Å²) in [5.41, 5.74) is 1.40. The highest BCUT2D eigenvalue weighted by atomic mass is 16.5. The first-order chi connectivity index (χ1) is 23.7. The predicted octanol–water partition coefficient (Wildman–Crippen LogP) is 7.93. The lowest BCUT2D eigenvalue weighted by molar-refractivity contribution is -0.235. The third-order valence-electron chi connectivity index (χ3n) is 15.9. The van der Waals surface area contributed by atoms with Crippen LogP contribution in [0.15, 0.2) is 35.5 Å². The Bertz CT molecular complexity index is 1570. The van der Waals surface area contributed by atoms with Crippen LogP contribution in [0.25, 0.3) is 0 Å². The van der Waals surface area contributed by atoms with Crippen molar-refractivity contribution in [2.75, 3.05) is 6.54 Å². The zero-order chi connectivity index (χ0) is 37.4. The lowest BCUT2D eigenvalue weighted by Crippen LogP contribution is -2.66. The van der Waals surface area contributed by atoms with Gasteiger partial charge in [-0.05, 0) is 123 Å². The minimum atomic E-state index is -1.16. The Morgan fingerprint density at radius 3 is 2.35 bits per heavy atom. The number of carboxylic acid groups (broad SMARTS) is 1. The number of fused-ring (bicyclic) bond motifs is 7. The lowest BCUT2D eigenvalue weighted by atomic mass is 9.33. The van der Waals surface area contributed by atoms with Crippen LogP contribution in [0.4, 0.5) is 0 Å². The number of hydrogen-bond donors (Lipinski definition) is 3. The molecule has 51 heavy (non-hydrogen) atoms. The molecule has 1 aromatic rings. The predicted molar refractivity (Wildman–Crippen MR) is 197 cm³/mol. The van der Waals surface area contributed by atoms with E-state index in [1.165, 1.54) is 5.57 Å².